The van der Waals surface area contributed by atoms with Crippen molar-refractivity contribution in [2.24, 2.45) is 5.92 Å². The highest BCUT2D eigenvalue weighted by Gasteiger charge is 2.06. The highest BCUT2D eigenvalue weighted by Crippen LogP contribution is 2.17. The fourth-order valence-corrected chi connectivity index (χ4v) is 1.84. The van der Waals surface area contributed by atoms with E-state index in [9.17, 15) is 0 Å². The van der Waals surface area contributed by atoms with Crippen LogP contribution in [0.4, 0.5) is 0 Å². The summed E-state index contributed by atoms with van der Waals surface area (Å²) < 4.78 is 0. The predicted molar refractivity (Wildman–Crippen MR) is 57.0 cm³/mol. The van der Waals surface area contributed by atoms with Gasteiger partial charge in [-0.1, -0.05) is 13.0 Å². The molecule has 2 atom stereocenters. The van der Waals surface area contributed by atoms with Crippen LogP contribution in [-0.2, 0) is 0 Å². The first kappa shape index (κ1) is 10.7. The topological polar surface area (TPSA) is 32.3 Å². The van der Waals surface area contributed by atoms with E-state index in [1.54, 1.807) is 11.3 Å². The molecule has 2 nitrogen and oxygen atoms in total. The Morgan fingerprint density at radius 1 is 1.54 bits per heavy atom. The predicted octanol–water partition coefficient (Wildman–Crippen LogP) is 2.03. The van der Waals surface area contributed by atoms with Gasteiger partial charge in [-0.3, -0.25) is 0 Å². The monoisotopic (exact) mass is 199 g/mol. The standard InChI is InChI=1S/C10H17NOS/c1-8(7-12)6-11-9(2)10-4-3-5-13-10/h3-5,8-9,11-12H,6-7H2,1-2H3/t8?,9-/m1/s1. The zero-order chi connectivity index (χ0) is 9.68. The summed E-state index contributed by atoms with van der Waals surface area (Å²) >= 11 is 1.77. The zero-order valence-electron chi connectivity index (χ0n) is 8.16. The van der Waals surface area contributed by atoms with Gasteiger partial charge in [0.25, 0.3) is 0 Å². The lowest BCUT2D eigenvalue weighted by Crippen LogP contribution is -2.25. The Kier molecular flexibility index (Phi) is 4.42. The van der Waals surface area contributed by atoms with Gasteiger partial charge in [-0.2, -0.15) is 0 Å². The van der Waals surface area contributed by atoms with Crippen molar-refractivity contribution in [3.05, 3.63) is 22.4 Å². The number of rotatable bonds is 5. The van der Waals surface area contributed by atoms with Crippen LogP contribution in [0, 0.1) is 5.92 Å². The molecule has 1 aromatic rings. The van der Waals surface area contributed by atoms with Crippen molar-refractivity contribution in [3.8, 4) is 0 Å². The minimum atomic E-state index is 0.254. The van der Waals surface area contributed by atoms with Gasteiger partial charge >= 0.3 is 0 Å². The van der Waals surface area contributed by atoms with Crippen LogP contribution in [-0.4, -0.2) is 18.3 Å². The van der Waals surface area contributed by atoms with Gasteiger partial charge in [0, 0.05) is 24.1 Å². The number of nitrogens with one attached hydrogen (secondary N) is 1. The fraction of sp³-hybridized carbons (Fsp3) is 0.600. The van der Waals surface area contributed by atoms with Crippen LogP contribution in [0.5, 0.6) is 0 Å². The van der Waals surface area contributed by atoms with Gasteiger partial charge in [-0.05, 0) is 24.3 Å². The van der Waals surface area contributed by atoms with Crippen molar-refractivity contribution in [2.45, 2.75) is 19.9 Å². The maximum Gasteiger partial charge on any atom is 0.0468 e. The molecule has 2 N–H and O–H groups in total. The van der Waals surface area contributed by atoms with E-state index in [-0.39, 0.29) is 6.61 Å². The second-order valence-electron chi connectivity index (χ2n) is 3.43. The first-order chi connectivity index (χ1) is 6.24. The molecule has 0 aliphatic carbocycles. The quantitative estimate of drug-likeness (QED) is 0.760. The molecule has 1 aromatic heterocycles. The Morgan fingerprint density at radius 3 is 2.85 bits per heavy atom. The van der Waals surface area contributed by atoms with Crippen LogP contribution in [0.3, 0.4) is 0 Å². The zero-order valence-corrected chi connectivity index (χ0v) is 8.97. The lowest BCUT2D eigenvalue weighted by molar-refractivity contribution is 0.231. The number of thiophene rings is 1. The van der Waals surface area contributed by atoms with E-state index in [0.717, 1.165) is 6.54 Å². The molecular weight excluding hydrogens is 182 g/mol. The summed E-state index contributed by atoms with van der Waals surface area (Å²) in [5, 5.41) is 14.3. The highest BCUT2D eigenvalue weighted by atomic mass is 32.1. The Bertz CT molecular complexity index is 223. The third kappa shape index (κ3) is 3.46. The first-order valence-electron chi connectivity index (χ1n) is 4.61. The molecule has 0 saturated carbocycles. The molecule has 0 amide bonds. The molecule has 1 heterocycles. The van der Waals surface area contributed by atoms with Crippen LogP contribution < -0.4 is 5.32 Å². The maximum absolute atomic E-state index is 8.84. The van der Waals surface area contributed by atoms with E-state index in [0.29, 0.717) is 12.0 Å². The van der Waals surface area contributed by atoms with Gasteiger partial charge in [0.05, 0.1) is 0 Å². The molecule has 0 saturated heterocycles. The SMILES string of the molecule is CC(CO)CN[C@H](C)c1cccs1. The molecule has 0 aliphatic rings. The largest absolute Gasteiger partial charge is 0.396 e. The van der Waals surface area contributed by atoms with Gasteiger partial charge in [0.2, 0.25) is 0 Å². The Labute approximate surface area is 83.6 Å². The minimum absolute atomic E-state index is 0.254. The lowest BCUT2D eigenvalue weighted by Gasteiger charge is -2.14. The van der Waals surface area contributed by atoms with Crippen molar-refractivity contribution in [1.29, 1.82) is 0 Å². The van der Waals surface area contributed by atoms with Crippen molar-refractivity contribution in [2.75, 3.05) is 13.2 Å². The minimum Gasteiger partial charge on any atom is -0.396 e. The number of hydrogen-bond donors (Lipinski definition) is 2. The normalized spacial score (nSPS) is 15.6. The molecule has 0 aromatic carbocycles. The molecule has 0 aliphatic heterocycles. The smallest absolute Gasteiger partial charge is 0.0468 e. The summed E-state index contributed by atoms with van der Waals surface area (Å²) in [6, 6.07) is 4.59. The van der Waals surface area contributed by atoms with Crippen LogP contribution in [0.1, 0.15) is 24.8 Å². The molecule has 0 bridgehead atoms. The molecule has 0 radical (unpaired) electrons. The van der Waals surface area contributed by atoms with E-state index in [4.69, 9.17) is 5.11 Å². The average Bonchev–Trinajstić information content (AvgIpc) is 2.66. The molecule has 1 unspecified atom stereocenters. The number of aliphatic hydroxyl groups excluding tert-OH is 1. The van der Waals surface area contributed by atoms with E-state index >= 15 is 0 Å². The Morgan fingerprint density at radius 2 is 2.31 bits per heavy atom. The third-order valence-corrected chi connectivity index (χ3v) is 3.11. The summed E-state index contributed by atoms with van der Waals surface area (Å²) in [6.07, 6.45) is 0. The summed E-state index contributed by atoms with van der Waals surface area (Å²) in [7, 11) is 0. The lowest BCUT2D eigenvalue weighted by atomic mass is 10.2. The first-order valence-corrected chi connectivity index (χ1v) is 5.49. The van der Waals surface area contributed by atoms with Crippen LogP contribution in [0.25, 0.3) is 0 Å². The summed E-state index contributed by atoms with van der Waals surface area (Å²) in [4.78, 5) is 1.35. The Hall–Kier alpha value is -0.380. The van der Waals surface area contributed by atoms with Crippen LogP contribution in [0.2, 0.25) is 0 Å². The second kappa shape index (κ2) is 5.37. The van der Waals surface area contributed by atoms with Crippen molar-refractivity contribution >= 4 is 11.3 Å². The molecule has 0 spiro atoms. The second-order valence-corrected chi connectivity index (χ2v) is 4.41. The van der Waals surface area contributed by atoms with Gasteiger partial charge in [0.1, 0.15) is 0 Å². The highest BCUT2D eigenvalue weighted by molar-refractivity contribution is 7.10. The third-order valence-electron chi connectivity index (χ3n) is 2.05. The summed E-state index contributed by atoms with van der Waals surface area (Å²) in [6.45, 7) is 5.31. The summed E-state index contributed by atoms with van der Waals surface area (Å²) in [5.41, 5.74) is 0. The van der Waals surface area contributed by atoms with Crippen LogP contribution >= 0.6 is 11.3 Å². The van der Waals surface area contributed by atoms with Crippen molar-refractivity contribution in [3.63, 3.8) is 0 Å². The summed E-state index contributed by atoms with van der Waals surface area (Å²) in [5.74, 6) is 0.336. The van der Waals surface area contributed by atoms with Gasteiger partial charge < -0.3 is 10.4 Å². The molecule has 3 heteroatoms. The Balaban J connectivity index is 2.30. The average molecular weight is 199 g/mol. The van der Waals surface area contributed by atoms with Gasteiger partial charge in [-0.15, -0.1) is 11.3 Å². The molecule has 74 valence electrons. The van der Waals surface area contributed by atoms with Crippen LogP contribution in [0.15, 0.2) is 17.5 Å². The van der Waals surface area contributed by atoms with Crippen molar-refractivity contribution in [1.82, 2.24) is 5.32 Å². The van der Waals surface area contributed by atoms with Gasteiger partial charge in [-0.25, -0.2) is 0 Å². The van der Waals surface area contributed by atoms with E-state index < -0.39 is 0 Å². The number of aliphatic hydroxyl groups is 1. The van der Waals surface area contributed by atoms with Crippen molar-refractivity contribution < 1.29 is 5.11 Å². The van der Waals surface area contributed by atoms with E-state index in [2.05, 4.69) is 29.8 Å². The van der Waals surface area contributed by atoms with Gasteiger partial charge in [0.15, 0.2) is 0 Å². The molecular formula is C10H17NOS. The van der Waals surface area contributed by atoms with E-state index in [1.807, 2.05) is 6.92 Å². The van der Waals surface area contributed by atoms with E-state index in [1.165, 1.54) is 4.88 Å². The maximum atomic E-state index is 8.84. The molecule has 1 rings (SSSR count). The molecule has 0 fully saturated rings. The fourth-order valence-electron chi connectivity index (χ4n) is 1.08. The number of hydrogen-bond acceptors (Lipinski definition) is 3. The molecule has 13 heavy (non-hydrogen) atoms.